The molecule has 0 fully saturated rings. The van der Waals surface area contributed by atoms with E-state index in [1.807, 2.05) is 6.07 Å². The minimum atomic E-state index is -1.11. The first kappa shape index (κ1) is 14.0. The third kappa shape index (κ3) is 2.92. The standard InChI is InChI=1S/C14H7ClF2N2O/c15-11-3-2-10(5-9(11)7-18)19-14(20)8-1-4-12(16)13(17)6-8/h1-6H,(H,19,20). The summed E-state index contributed by atoms with van der Waals surface area (Å²) in [5.74, 6) is -2.75. The van der Waals surface area contributed by atoms with Crippen molar-refractivity contribution in [2.75, 3.05) is 5.32 Å². The summed E-state index contributed by atoms with van der Waals surface area (Å²) in [6.07, 6.45) is 0. The number of anilines is 1. The lowest BCUT2D eigenvalue weighted by atomic mass is 10.1. The largest absolute Gasteiger partial charge is 0.322 e. The molecule has 1 N–H and O–H groups in total. The highest BCUT2D eigenvalue weighted by molar-refractivity contribution is 6.31. The average Bonchev–Trinajstić information content (AvgIpc) is 2.43. The summed E-state index contributed by atoms with van der Waals surface area (Å²) in [6, 6.07) is 9.05. The number of benzene rings is 2. The summed E-state index contributed by atoms with van der Waals surface area (Å²) in [4.78, 5) is 11.8. The molecule has 0 radical (unpaired) electrons. The molecule has 1 amide bonds. The molecule has 0 aromatic heterocycles. The summed E-state index contributed by atoms with van der Waals surface area (Å²) in [5, 5.41) is 11.6. The summed E-state index contributed by atoms with van der Waals surface area (Å²) in [7, 11) is 0. The second kappa shape index (κ2) is 5.68. The zero-order valence-corrected chi connectivity index (χ0v) is 10.7. The zero-order valence-electron chi connectivity index (χ0n) is 9.95. The third-order valence-electron chi connectivity index (χ3n) is 2.53. The minimum absolute atomic E-state index is 0.0302. The Hall–Kier alpha value is -2.45. The van der Waals surface area contributed by atoms with E-state index in [2.05, 4.69) is 5.32 Å². The highest BCUT2D eigenvalue weighted by Crippen LogP contribution is 2.20. The third-order valence-corrected chi connectivity index (χ3v) is 2.86. The molecule has 2 rings (SSSR count). The summed E-state index contributed by atoms with van der Waals surface area (Å²) in [5.41, 5.74) is 0.507. The molecule has 0 saturated heterocycles. The van der Waals surface area contributed by atoms with Crippen LogP contribution in [0, 0.1) is 23.0 Å². The quantitative estimate of drug-likeness (QED) is 0.916. The molecule has 2 aromatic rings. The number of amides is 1. The fourth-order valence-corrected chi connectivity index (χ4v) is 1.69. The van der Waals surface area contributed by atoms with E-state index in [-0.39, 0.29) is 16.1 Å². The van der Waals surface area contributed by atoms with Crippen LogP contribution in [0.2, 0.25) is 5.02 Å². The fourth-order valence-electron chi connectivity index (χ4n) is 1.53. The summed E-state index contributed by atoms with van der Waals surface area (Å²) in [6.45, 7) is 0. The number of rotatable bonds is 2. The van der Waals surface area contributed by atoms with Crippen molar-refractivity contribution in [1.82, 2.24) is 0 Å². The lowest BCUT2D eigenvalue weighted by molar-refractivity contribution is 0.102. The first-order valence-electron chi connectivity index (χ1n) is 5.47. The van der Waals surface area contributed by atoms with E-state index in [0.29, 0.717) is 5.69 Å². The van der Waals surface area contributed by atoms with Crippen molar-refractivity contribution in [1.29, 1.82) is 5.26 Å². The number of carbonyl (C=O) groups excluding carboxylic acids is 1. The lowest BCUT2D eigenvalue weighted by Crippen LogP contribution is -2.12. The van der Waals surface area contributed by atoms with Gasteiger partial charge in [0.05, 0.1) is 10.6 Å². The Labute approximate surface area is 118 Å². The Morgan fingerprint density at radius 1 is 1.15 bits per heavy atom. The van der Waals surface area contributed by atoms with Crippen LogP contribution in [0.15, 0.2) is 36.4 Å². The van der Waals surface area contributed by atoms with Gasteiger partial charge in [-0.1, -0.05) is 11.6 Å². The van der Waals surface area contributed by atoms with Gasteiger partial charge in [-0.05, 0) is 36.4 Å². The Morgan fingerprint density at radius 2 is 1.90 bits per heavy atom. The predicted octanol–water partition coefficient (Wildman–Crippen LogP) is 3.74. The smallest absolute Gasteiger partial charge is 0.255 e. The van der Waals surface area contributed by atoms with Crippen molar-refractivity contribution < 1.29 is 13.6 Å². The number of hydrogen-bond acceptors (Lipinski definition) is 2. The molecular weight excluding hydrogens is 286 g/mol. The lowest BCUT2D eigenvalue weighted by Gasteiger charge is -2.06. The van der Waals surface area contributed by atoms with Crippen LogP contribution >= 0.6 is 11.6 Å². The first-order valence-corrected chi connectivity index (χ1v) is 5.85. The van der Waals surface area contributed by atoms with Gasteiger partial charge in [-0.2, -0.15) is 5.26 Å². The Kier molecular flexibility index (Phi) is 3.97. The number of carbonyl (C=O) groups is 1. The molecule has 0 atom stereocenters. The van der Waals surface area contributed by atoms with E-state index in [1.165, 1.54) is 18.2 Å². The second-order valence-corrected chi connectivity index (χ2v) is 4.30. The maximum absolute atomic E-state index is 13.0. The normalized spacial score (nSPS) is 9.90. The van der Waals surface area contributed by atoms with E-state index in [9.17, 15) is 13.6 Å². The fraction of sp³-hybridized carbons (Fsp3) is 0. The average molecular weight is 293 g/mol. The number of nitrogens with zero attached hydrogens (tertiary/aromatic N) is 1. The molecule has 0 aliphatic heterocycles. The van der Waals surface area contributed by atoms with Crippen molar-refractivity contribution in [2.45, 2.75) is 0 Å². The van der Waals surface area contributed by atoms with Crippen LogP contribution < -0.4 is 5.32 Å². The first-order chi connectivity index (χ1) is 9.51. The molecule has 0 aliphatic rings. The molecule has 20 heavy (non-hydrogen) atoms. The second-order valence-electron chi connectivity index (χ2n) is 3.89. The van der Waals surface area contributed by atoms with Crippen LogP contribution in [0.4, 0.5) is 14.5 Å². The number of halogens is 3. The van der Waals surface area contributed by atoms with E-state index in [4.69, 9.17) is 16.9 Å². The van der Waals surface area contributed by atoms with Crippen molar-refractivity contribution in [3.8, 4) is 6.07 Å². The molecule has 0 heterocycles. The number of hydrogen-bond donors (Lipinski definition) is 1. The Balaban J connectivity index is 2.23. The van der Waals surface area contributed by atoms with Crippen LogP contribution in [0.25, 0.3) is 0 Å². The van der Waals surface area contributed by atoms with Crippen LogP contribution in [0.3, 0.4) is 0 Å². The van der Waals surface area contributed by atoms with Gasteiger partial charge in [-0.3, -0.25) is 4.79 Å². The van der Waals surface area contributed by atoms with Gasteiger partial charge in [0, 0.05) is 11.3 Å². The van der Waals surface area contributed by atoms with Crippen LogP contribution in [0.1, 0.15) is 15.9 Å². The molecule has 100 valence electrons. The molecule has 2 aromatic carbocycles. The van der Waals surface area contributed by atoms with Crippen LogP contribution in [0.5, 0.6) is 0 Å². The minimum Gasteiger partial charge on any atom is -0.322 e. The Morgan fingerprint density at radius 3 is 2.55 bits per heavy atom. The highest BCUT2D eigenvalue weighted by Gasteiger charge is 2.10. The van der Waals surface area contributed by atoms with Gasteiger partial charge in [0.1, 0.15) is 6.07 Å². The van der Waals surface area contributed by atoms with Gasteiger partial charge >= 0.3 is 0 Å². The molecule has 6 heteroatoms. The maximum atomic E-state index is 13.0. The van der Waals surface area contributed by atoms with Crippen molar-refractivity contribution >= 4 is 23.2 Å². The van der Waals surface area contributed by atoms with Gasteiger partial charge in [0.15, 0.2) is 11.6 Å². The Bertz CT molecular complexity index is 726. The van der Waals surface area contributed by atoms with Crippen molar-refractivity contribution in [3.63, 3.8) is 0 Å². The van der Waals surface area contributed by atoms with Crippen molar-refractivity contribution in [3.05, 3.63) is 64.2 Å². The van der Waals surface area contributed by atoms with Gasteiger partial charge < -0.3 is 5.32 Å². The summed E-state index contributed by atoms with van der Waals surface area (Å²) >= 11 is 5.76. The monoisotopic (exact) mass is 292 g/mol. The maximum Gasteiger partial charge on any atom is 0.255 e. The number of nitriles is 1. The van der Waals surface area contributed by atoms with E-state index < -0.39 is 17.5 Å². The topological polar surface area (TPSA) is 52.9 Å². The van der Waals surface area contributed by atoms with Crippen LogP contribution in [-0.4, -0.2) is 5.91 Å². The SMILES string of the molecule is N#Cc1cc(NC(=O)c2ccc(F)c(F)c2)ccc1Cl. The van der Waals surface area contributed by atoms with E-state index >= 15 is 0 Å². The highest BCUT2D eigenvalue weighted by atomic mass is 35.5. The molecule has 0 unspecified atom stereocenters. The number of nitrogens with one attached hydrogen (secondary N) is 1. The van der Waals surface area contributed by atoms with Gasteiger partial charge in [0.25, 0.3) is 5.91 Å². The molecular formula is C14H7ClF2N2O. The van der Waals surface area contributed by atoms with Gasteiger partial charge in [-0.15, -0.1) is 0 Å². The molecule has 3 nitrogen and oxygen atoms in total. The molecule has 0 aliphatic carbocycles. The molecule has 0 bridgehead atoms. The van der Waals surface area contributed by atoms with Gasteiger partial charge in [-0.25, -0.2) is 8.78 Å². The van der Waals surface area contributed by atoms with Crippen molar-refractivity contribution in [2.24, 2.45) is 0 Å². The van der Waals surface area contributed by atoms with Crippen LogP contribution in [-0.2, 0) is 0 Å². The van der Waals surface area contributed by atoms with E-state index in [1.54, 1.807) is 0 Å². The van der Waals surface area contributed by atoms with E-state index in [0.717, 1.165) is 18.2 Å². The molecule has 0 spiro atoms. The zero-order chi connectivity index (χ0) is 14.7. The predicted molar refractivity (Wildman–Crippen MR) is 70.5 cm³/mol. The molecule has 0 saturated carbocycles. The summed E-state index contributed by atoms with van der Waals surface area (Å²) < 4.78 is 25.8. The van der Waals surface area contributed by atoms with Gasteiger partial charge in [0.2, 0.25) is 0 Å².